The summed E-state index contributed by atoms with van der Waals surface area (Å²) in [6, 6.07) is 15.4. The Bertz CT molecular complexity index is 810. The number of benzene rings is 2. The second kappa shape index (κ2) is 7.32. The molecular formula is C19H17ClN2O2. The summed E-state index contributed by atoms with van der Waals surface area (Å²) < 4.78 is 0. The molecular weight excluding hydrogens is 324 g/mol. The number of anilines is 1. The summed E-state index contributed by atoms with van der Waals surface area (Å²) in [6.45, 7) is 1.98. The fourth-order valence-electron chi connectivity index (χ4n) is 2.54. The van der Waals surface area contributed by atoms with Crippen LogP contribution in [-0.4, -0.2) is 12.3 Å². The van der Waals surface area contributed by atoms with E-state index in [1.54, 1.807) is 12.1 Å². The molecule has 0 saturated heterocycles. The number of amides is 1. The second-order valence-electron chi connectivity index (χ2n) is 5.60. The summed E-state index contributed by atoms with van der Waals surface area (Å²) in [7, 11) is 0. The van der Waals surface area contributed by atoms with Crippen molar-refractivity contribution in [3.63, 3.8) is 0 Å². The van der Waals surface area contributed by atoms with Gasteiger partial charge in [0.2, 0.25) is 0 Å². The van der Waals surface area contributed by atoms with E-state index in [9.17, 15) is 4.79 Å². The molecule has 1 N–H and O–H groups in total. The number of rotatable bonds is 3. The minimum Gasteiger partial charge on any atom is -0.298 e. The topological polar surface area (TPSA) is 50.7 Å². The SMILES string of the molecule is Cc1ccc(NC(=O)O/N=C\C2=C(Cl)c3ccccc3CC2)cc1. The van der Waals surface area contributed by atoms with Crippen LogP contribution in [0.5, 0.6) is 0 Å². The van der Waals surface area contributed by atoms with Crippen LogP contribution in [0.25, 0.3) is 5.03 Å². The molecule has 0 radical (unpaired) electrons. The van der Waals surface area contributed by atoms with Gasteiger partial charge in [-0.05, 0) is 48.6 Å². The van der Waals surface area contributed by atoms with E-state index in [0.29, 0.717) is 10.7 Å². The van der Waals surface area contributed by atoms with Crippen molar-refractivity contribution >= 4 is 34.6 Å². The van der Waals surface area contributed by atoms with E-state index in [0.717, 1.165) is 29.5 Å². The lowest BCUT2D eigenvalue weighted by Gasteiger charge is -2.16. The minimum absolute atomic E-state index is 0.636. The van der Waals surface area contributed by atoms with Gasteiger partial charge < -0.3 is 0 Å². The van der Waals surface area contributed by atoms with Gasteiger partial charge in [0.25, 0.3) is 0 Å². The molecule has 0 fully saturated rings. The fraction of sp³-hybridized carbons (Fsp3) is 0.158. The molecule has 0 bridgehead atoms. The first-order valence-electron chi connectivity index (χ1n) is 7.68. The maximum atomic E-state index is 11.7. The van der Waals surface area contributed by atoms with Gasteiger partial charge in [-0.25, -0.2) is 4.79 Å². The Morgan fingerprint density at radius 1 is 1.17 bits per heavy atom. The van der Waals surface area contributed by atoms with E-state index >= 15 is 0 Å². The van der Waals surface area contributed by atoms with Gasteiger partial charge in [0.1, 0.15) is 0 Å². The fourth-order valence-corrected chi connectivity index (χ4v) is 2.87. The maximum absolute atomic E-state index is 11.7. The number of nitrogens with one attached hydrogen (secondary N) is 1. The van der Waals surface area contributed by atoms with Crippen LogP contribution in [0.3, 0.4) is 0 Å². The monoisotopic (exact) mass is 340 g/mol. The molecule has 1 aliphatic carbocycles. The van der Waals surface area contributed by atoms with E-state index in [1.807, 2.05) is 37.3 Å². The largest absolute Gasteiger partial charge is 0.437 e. The molecule has 0 atom stereocenters. The van der Waals surface area contributed by atoms with Crippen LogP contribution in [0, 0.1) is 6.92 Å². The molecule has 0 aromatic heterocycles. The predicted octanol–water partition coefficient (Wildman–Crippen LogP) is 5.13. The highest BCUT2D eigenvalue weighted by atomic mass is 35.5. The van der Waals surface area contributed by atoms with Crippen molar-refractivity contribution in [2.75, 3.05) is 5.32 Å². The highest BCUT2D eigenvalue weighted by Crippen LogP contribution is 2.33. The lowest BCUT2D eigenvalue weighted by atomic mass is 9.92. The van der Waals surface area contributed by atoms with E-state index in [4.69, 9.17) is 16.4 Å². The number of hydrogen-bond acceptors (Lipinski definition) is 3. The summed E-state index contributed by atoms with van der Waals surface area (Å²) in [5, 5.41) is 7.02. The van der Waals surface area contributed by atoms with Crippen LogP contribution >= 0.6 is 11.6 Å². The molecule has 2 aromatic rings. The number of halogens is 1. The minimum atomic E-state index is -0.636. The Hall–Kier alpha value is -2.59. The molecule has 0 unspecified atom stereocenters. The molecule has 4 nitrogen and oxygen atoms in total. The van der Waals surface area contributed by atoms with Crippen molar-refractivity contribution in [2.45, 2.75) is 19.8 Å². The van der Waals surface area contributed by atoms with Gasteiger partial charge in [-0.1, -0.05) is 58.7 Å². The summed E-state index contributed by atoms with van der Waals surface area (Å²) in [5.74, 6) is 0. The maximum Gasteiger partial charge on any atom is 0.437 e. The summed E-state index contributed by atoms with van der Waals surface area (Å²) >= 11 is 6.41. The molecule has 0 spiro atoms. The molecule has 3 rings (SSSR count). The number of aryl methyl sites for hydroxylation is 2. The van der Waals surface area contributed by atoms with Crippen LogP contribution in [0.15, 0.2) is 59.3 Å². The van der Waals surface area contributed by atoms with Crippen LogP contribution < -0.4 is 5.32 Å². The molecule has 2 aromatic carbocycles. The third-order valence-electron chi connectivity index (χ3n) is 3.84. The molecule has 1 aliphatic rings. The third-order valence-corrected chi connectivity index (χ3v) is 4.29. The zero-order valence-corrected chi connectivity index (χ0v) is 14.0. The van der Waals surface area contributed by atoms with E-state index in [-0.39, 0.29) is 0 Å². The number of nitrogens with zero attached hydrogens (tertiary/aromatic N) is 1. The van der Waals surface area contributed by atoms with E-state index in [2.05, 4.69) is 16.5 Å². The average molecular weight is 341 g/mol. The van der Waals surface area contributed by atoms with Crippen molar-refractivity contribution in [1.82, 2.24) is 0 Å². The van der Waals surface area contributed by atoms with Crippen LogP contribution in [-0.2, 0) is 11.3 Å². The molecule has 0 heterocycles. The number of carbonyl (C=O) groups excluding carboxylic acids is 1. The Balaban J connectivity index is 1.62. The number of carbonyl (C=O) groups is 1. The van der Waals surface area contributed by atoms with Crippen LogP contribution in [0.1, 0.15) is 23.1 Å². The summed E-state index contributed by atoms with van der Waals surface area (Å²) in [6.07, 6.45) is 2.53. The standard InChI is InChI=1S/C19H17ClN2O2/c1-13-6-10-16(11-7-13)22-19(23)24-21-12-15-9-8-14-4-2-3-5-17(14)18(15)20/h2-7,10-12H,8-9H2,1H3,(H,22,23)/b21-12-. The van der Waals surface area contributed by atoms with Crippen LogP contribution in [0.4, 0.5) is 10.5 Å². The Morgan fingerprint density at radius 3 is 2.71 bits per heavy atom. The molecule has 24 heavy (non-hydrogen) atoms. The highest BCUT2D eigenvalue weighted by molar-refractivity contribution is 6.50. The second-order valence-corrected chi connectivity index (χ2v) is 5.98. The lowest BCUT2D eigenvalue weighted by molar-refractivity contribution is 0.167. The Morgan fingerprint density at radius 2 is 1.92 bits per heavy atom. The van der Waals surface area contributed by atoms with E-state index in [1.165, 1.54) is 11.8 Å². The smallest absolute Gasteiger partial charge is 0.298 e. The lowest BCUT2D eigenvalue weighted by Crippen LogP contribution is -2.11. The van der Waals surface area contributed by atoms with Gasteiger partial charge in [-0.2, -0.15) is 0 Å². The van der Waals surface area contributed by atoms with E-state index < -0.39 is 6.09 Å². The van der Waals surface area contributed by atoms with Gasteiger partial charge in [0, 0.05) is 5.69 Å². The Labute approximate surface area is 145 Å². The zero-order valence-electron chi connectivity index (χ0n) is 13.3. The van der Waals surface area contributed by atoms with Crippen molar-refractivity contribution in [3.05, 3.63) is 70.8 Å². The van der Waals surface area contributed by atoms with Crippen molar-refractivity contribution in [1.29, 1.82) is 0 Å². The zero-order chi connectivity index (χ0) is 16.9. The first-order valence-corrected chi connectivity index (χ1v) is 8.06. The van der Waals surface area contributed by atoms with Gasteiger partial charge in [0.15, 0.2) is 0 Å². The van der Waals surface area contributed by atoms with Gasteiger partial charge in [0.05, 0.1) is 11.2 Å². The van der Waals surface area contributed by atoms with Gasteiger partial charge in [-0.15, -0.1) is 0 Å². The molecule has 0 saturated carbocycles. The average Bonchev–Trinajstić information content (AvgIpc) is 2.59. The summed E-state index contributed by atoms with van der Waals surface area (Å²) in [5.41, 5.74) is 4.86. The quantitative estimate of drug-likeness (QED) is 0.478. The number of oxime groups is 1. The number of hydrogen-bond donors (Lipinski definition) is 1. The predicted molar refractivity (Wildman–Crippen MR) is 97.3 cm³/mol. The first kappa shape index (κ1) is 16.3. The summed E-state index contributed by atoms with van der Waals surface area (Å²) in [4.78, 5) is 16.6. The van der Waals surface area contributed by atoms with Crippen molar-refractivity contribution < 1.29 is 9.63 Å². The van der Waals surface area contributed by atoms with Crippen molar-refractivity contribution in [2.24, 2.45) is 5.16 Å². The normalized spacial score (nSPS) is 13.8. The Kier molecular flexibility index (Phi) is 4.96. The number of fused-ring (bicyclic) bond motifs is 1. The first-order chi connectivity index (χ1) is 11.6. The molecule has 122 valence electrons. The molecule has 0 aliphatic heterocycles. The van der Waals surface area contributed by atoms with Gasteiger partial charge >= 0.3 is 6.09 Å². The third kappa shape index (κ3) is 3.84. The molecule has 5 heteroatoms. The van der Waals surface area contributed by atoms with Gasteiger partial charge in [-0.3, -0.25) is 10.2 Å². The van der Waals surface area contributed by atoms with Crippen molar-refractivity contribution in [3.8, 4) is 0 Å². The molecule has 1 amide bonds. The number of allylic oxidation sites excluding steroid dienone is 1. The van der Waals surface area contributed by atoms with Crippen LogP contribution in [0.2, 0.25) is 0 Å². The highest BCUT2D eigenvalue weighted by Gasteiger charge is 2.16.